The third-order valence-electron chi connectivity index (χ3n) is 4.28. The van der Waals surface area contributed by atoms with Gasteiger partial charge < -0.3 is 5.32 Å². The van der Waals surface area contributed by atoms with Gasteiger partial charge >= 0.3 is 0 Å². The van der Waals surface area contributed by atoms with E-state index in [9.17, 15) is 0 Å². The number of rotatable bonds is 2. The van der Waals surface area contributed by atoms with Gasteiger partial charge in [0.25, 0.3) is 0 Å². The van der Waals surface area contributed by atoms with Crippen molar-refractivity contribution in [3.63, 3.8) is 0 Å². The van der Waals surface area contributed by atoms with Crippen molar-refractivity contribution in [1.29, 1.82) is 0 Å². The molecule has 0 atom stereocenters. The van der Waals surface area contributed by atoms with Crippen LogP contribution in [0.3, 0.4) is 0 Å². The fourth-order valence-electron chi connectivity index (χ4n) is 3.16. The summed E-state index contributed by atoms with van der Waals surface area (Å²) < 4.78 is 0. The number of aromatic nitrogens is 1. The van der Waals surface area contributed by atoms with Gasteiger partial charge in [-0.05, 0) is 36.2 Å². The van der Waals surface area contributed by atoms with E-state index in [1.54, 1.807) is 0 Å². The zero-order valence-corrected chi connectivity index (χ0v) is 13.3. The van der Waals surface area contributed by atoms with Crippen LogP contribution in [0, 0.1) is 6.92 Å². The molecule has 1 N–H and O–H groups in total. The van der Waals surface area contributed by atoms with Gasteiger partial charge in [-0.15, -0.1) is 0 Å². The van der Waals surface area contributed by atoms with Crippen molar-refractivity contribution < 1.29 is 0 Å². The van der Waals surface area contributed by atoms with Gasteiger partial charge in [-0.2, -0.15) is 0 Å². The second-order valence-corrected chi connectivity index (χ2v) is 5.86. The van der Waals surface area contributed by atoms with Crippen molar-refractivity contribution in [2.45, 2.75) is 6.92 Å². The van der Waals surface area contributed by atoms with Crippen LogP contribution in [0.2, 0.25) is 0 Å². The summed E-state index contributed by atoms with van der Waals surface area (Å²) in [4.78, 5) is 4.80. The molecule has 112 valence electrons. The Hall–Kier alpha value is -2.87. The zero-order chi connectivity index (χ0) is 15.8. The Labute approximate surface area is 135 Å². The number of hydrogen-bond acceptors (Lipinski definition) is 2. The average Bonchev–Trinajstić information content (AvgIpc) is 2.59. The first-order valence-electron chi connectivity index (χ1n) is 7.83. The lowest BCUT2D eigenvalue weighted by atomic mass is 10.00. The minimum Gasteiger partial charge on any atom is -0.387 e. The maximum atomic E-state index is 4.80. The number of aryl methyl sites for hydroxylation is 1. The second kappa shape index (κ2) is 5.40. The molecule has 0 bridgehead atoms. The van der Waals surface area contributed by atoms with Crippen LogP contribution in [0.25, 0.3) is 32.9 Å². The first kappa shape index (κ1) is 13.8. The number of nitrogens with one attached hydrogen (secondary N) is 1. The fraction of sp³-hybridized carbons (Fsp3) is 0.0952. The molecule has 1 aromatic heterocycles. The molecule has 4 rings (SSSR count). The number of anilines is 1. The highest BCUT2D eigenvalue weighted by Gasteiger charge is 2.09. The molecule has 0 saturated carbocycles. The summed E-state index contributed by atoms with van der Waals surface area (Å²) in [5.41, 5.74) is 6.90. The smallest absolute Gasteiger partial charge is 0.0730 e. The van der Waals surface area contributed by atoms with Crippen LogP contribution in [0.4, 0.5) is 5.69 Å². The predicted octanol–water partition coefficient (Wildman–Crippen LogP) is 5.41. The molecular formula is C21H18N2. The number of para-hydroxylation sites is 1. The summed E-state index contributed by atoms with van der Waals surface area (Å²) in [5, 5.41) is 5.68. The van der Waals surface area contributed by atoms with E-state index < -0.39 is 0 Å². The Kier molecular flexibility index (Phi) is 3.23. The van der Waals surface area contributed by atoms with Crippen molar-refractivity contribution in [2.75, 3.05) is 12.4 Å². The van der Waals surface area contributed by atoms with Gasteiger partial charge in [0.2, 0.25) is 0 Å². The Balaban J connectivity index is 2.02. The maximum absolute atomic E-state index is 4.80. The molecule has 0 amide bonds. The lowest BCUT2D eigenvalue weighted by Crippen LogP contribution is -1.94. The quantitative estimate of drug-likeness (QED) is 0.501. The second-order valence-electron chi connectivity index (χ2n) is 5.86. The normalized spacial score (nSPS) is 11.0. The molecule has 0 unspecified atom stereocenters. The van der Waals surface area contributed by atoms with Crippen LogP contribution >= 0.6 is 0 Å². The van der Waals surface area contributed by atoms with E-state index in [4.69, 9.17) is 4.98 Å². The molecule has 3 aromatic carbocycles. The zero-order valence-electron chi connectivity index (χ0n) is 13.3. The Morgan fingerprint density at radius 3 is 2.35 bits per heavy atom. The van der Waals surface area contributed by atoms with E-state index in [2.05, 4.69) is 72.9 Å². The van der Waals surface area contributed by atoms with Gasteiger partial charge in [0.1, 0.15) is 0 Å². The molecule has 4 aromatic rings. The molecule has 0 fully saturated rings. The molecule has 0 aliphatic heterocycles. The lowest BCUT2D eigenvalue weighted by molar-refractivity contribution is 1.46. The minimum absolute atomic E-state index is 1.02. The largest absolute Gasteiger partial charge is 0.387 e. The summed E-state index contributed by atoms with van der Waals surface area (Å²) in [5.74, 6) is 0. The van der Waals surface area contributed by atoms with Gasteiger partial charge in [0.05, 0.1) is 16.7 Å². The Morgan fingerprint density at radius 2 is 1.52 bits per heavy atom. The van der Waals surface area contributed by atoms with E-state index in [1.165, 1.54) is 16.7 Å². The first-order valence-corrected chi connectivity index (χ1v) is 7.83. The van der Waals surface area contributed by atoms with E-state index >= 15 is 0 Å². The minimum atomic E-state index is 1.02. The average molecular weight is 298 g/mol. The highest BCUT2D eigenvalue weighted by atomic mass is 14.8. The standard InChI is InChI=1S/C21H18N2/c1-14-6-5-7-15(12-14)16-10-11-20-18(13-16)21(22-2)17-8-3-4-9-19(17)23-20/h3-13H,1-2H3,(H,22,23). The summed E-state index contributed by atoms with van der Waals surface area (Å²) in [7, 11) is 1.97. The molecule has 2 nitrogen and oxygen atoms in total. The van der Waals surface area contributed by atoms with E-state index in [0.29, 0.717) is 0 Å². The topological polar surface area (TPSA) is 24.9 Å². The van der Waals surface area contributed by atoms with E-state index in [-0.39, 0.29) is 0 Å². The van der Waals surface area contributed by atoms with Crippen LogP contribution in [0.15, 0.2) is 66.7 Å². The maximum Gasteiger partial charge on any atom is 0.0730 e. The van der Waals surface area contributed by atoms with Crippen molar-refractivity contribution in [3.05, 3.63) is 72.3 Å². The monoisotopic (exact) mass is 298 g/mol. The van der Waals surface area contributed by atoms with Crippen molar-refractivity contribution in [1.82, 2.24) is 4.98 Å². The summed E-state index contributed by atoms with van der Waals surface area (Å²) >= 11 is 0. The molecule has 0 spiro atoms. The molecular weight excluding hydrogens is 280 g/mol. The summed E-state index contributed by atoms with van der Waals surface area (Å²) in [6.45, 7) is 2.12. The Bertz CT molecular complexity index is 1020. The lowest BCUT2D eigenvalue weighted by Gasteiger charge is -2.12. The van der Waals surface area contributed by atoms with Crippen LogP contribution in [0.1, 0.15) is 5.56 Å². The summed E-state index contributed by atoms with van der Waals surface area (Å²) in [6, 6.07) is 23.4. The molecule has 2 heteroatoms. The van der Waals surface area contributed by atoms with Gasteiger partial charge in [-0.3, -0.25) is 0 Å². The molecule has 1 heterocycles. The molecule has 0 radical (unpaired) electrons. The number of benzene rings is 3. The summed E-state index contributed by atoms with van der Waals surface area (Å²) in [6.07, 6.45) is 0. The molecule has 0 saturated heterocycles. The van der Waals surface area contributed by atoms with E-state index in [1.807, 2.05) is 13.1 Å². The van der Waals surface area contributed by atoms with Gasteiger partial charge in [0.15, 0.2) is 0 Å². The number of nitrogens with zero attached hydrogens (tertiary/aromatic N) is 1. The van der Waals surface area contributed by atoms with Crippen molar-refractivity contribution >= 4 is 27.5 Å². The van der Waals surface area contributed by atoms with E-state index in [0.717, 1.165) is 27.5 Å². The van der Waals surface area contributed by atoms with Crippen molar-refractivity contribution in [2.24, 2.45) is 0 Å². The van der Waals surface area contributed by atoms with Crippen LogP contribution in [0.5, 0.6) is 0 Å². The third kappa shape index (κ3) is 2.33. The van der Waals surface area contributed by atoms with Crippen LogP contribution in [-0.2, 0) is 0 Å². The van der Waals surface area contributed by atoms with Gasteiger partial charge in [-0.1, -0.05) is 54.1 Å². The number of fused-ring (bicyclic) bond motifs is 2. The molecule has 0 aliphatic rings. The Morgan fingerprint density at radius 1 is 0.739 bits per heavy atom. The number of hydrogen-bond donors (Lipinski definition) is 1. The molecule has 23 heavy (non-hydrogen) atoms. The SMILES string of the molecule is CNc1c2ccccc2nc2ccc(-c3cccc(C)c3)cc12. The molecule has 0 aliphatic carbocycles. The fourth-order valence-corrected chi connectivity index (χ4v) is 3.16. The number of pyridine rings is 1. The van der Waals surface area contributed by atoms with Gasteiger partial charge in [-0.25, -0.2) is 4.98 Å². The van der Waals surface area contributed by atoms with Crippen molar-refractivity contribution in [3.8, 4) is 11.1 Å². The predicted molar refractivity (Wildman–Crippen MR) is 99.0 cm³/mol. The first-order chi connectivity index (χ1) is 11.3. The van der Waals surface area contributed by atoms with Crippen LogP contribution < -0.4 is 5.32 Å². The van der Waals surface area contributed by atoms with Crippen LogP contribution in [-0.4, -0.2) is 12.0 Å². The van der Waals surface area contributed by atoms with Gasteiger partial charge in [0, 0.05) is 17.8 Å². The highest BCUT2D eigenvalue weighted by molar-refractivity contribution is 6.08. The highest BCUT2D eigenvalue weighted by Crippen LogP contribution is 2.33. The third-order valence-corrected chi connectivity index (χ3v) is 4.28.